The molecule has 1 N–H and O–H groups in total. The molecule has 0 bridgehead atoms. The number of hydrogen-bond donors (Lipinski definition) is 1. The molecular formula is C14H14N2O3. The van der Waals surface area contributed by atoms with Gasteiger partial charge in [0.1, 0.15) is 0 Å². The Balaban J connectivity index is 2.03. The summed E-state index contributed by atoms with van der Waals surface area (Å²) in [4.78, 5) is 22.6. The molecule has 0 spiro atoms. The molecule has 0 atom stereocenters. The largest absolute Gasteiger partial charge is 0.459 e. The summed E-state index contributed by atoms with van der Waals surface area (Å²) >= 11 is 0. The summed E-state index contributed by atoms with van der Waals surface area (Å²) in [5.74, 6) is -1.65. The van der Waals surface area contributed by atoms with Crippen LogP contribution in [0.2, 0.25) is 0 Å². The van der Waals surface area contributed by atoms with Crippen LogP contribution in [0.5, 0.6) is 0 Å². The second-order valence-corrected chi connectivity index (χ2v) is 3.81. The molecule has 5 heteroatoms. The summed E-state index contributed by atoms with van der Waals surface area (Å²) in [5, 5.41) is 2.48. The molecule has 1 heterocycles. The fourth-order valence-corrected chi connectivity index (χ4v) is 1.60. The third-order valence-corrected chi connectivity index (χ3v) is 2.49. The number of carbonyl (C=O) groups excluding carboxylic acids is 2. The second-order valence-electron chi connectivity index (χ2n) is 3.81. The summed E-state index contributed by atoms with van der Waals surface area (Å²) < 4.78 is 6.54. The highest BCUT2D eigenvalue weighted by Crippen LogP contribution is 2.13. The summed E-state index contributed by atoms with van der Waals surface area (Å²) in [5.41, 5.74) is 1.52. The average Bonchev–Trinajstić information content (AvgIpc) is 2.94. The van der Waals surface area contributed by atoms with Gasteiger partial charge in [-0.25, -0.2) is 4.79 Å². The first-order valence-electron chi connectivity index (χ1n) is 5.92. The number of benzene rings is 1. The van der Waals surface area contributed by atoms with Crippen molar-refractivity contribution >= 4 is 17.6 Å². The van der Waals surface area contributed by atoms with Crippen LogP contribution in [0.4, 0.5) is 5.69 Å². The maximum Gasteiger partial charge on any atom is 0.397 e. The van der Waals surface area contributed by atoms with Gasteiger partial charge in [-0.1, -0.05) is 0 Å². The number of aromatic nitrogens is 1. The standard InChI is InChI=1S/C14H14N2O3/c1-2-19-14(18)13(17)15-11-5-7-12(8-6-11)16-9-3-4-10-16/h3-10H,2H2,1H3,(H,15,17). The first-order chi connectivity index (χ1) is 9.20. The molecule has 0 fully saturated rings. The Bertz CT molecular complexity index is 559. The van der Waals surface area contributed by atoms with Crippen molar-refractivity contribution in [1.82, 2.24) is 4.57 Å². The van der Waals surface area contributed by atoms with Gasteiger partial charge in [0.05, 0.1) is 6.61 Å². The van der Waals surface area contributed by atoms with E-state index in [1.165, 1.54) is 0 Å². The monoisotopic (exact) mass is 258 g/mol. The minimum absolute atomic E-state index is 0.179. The molecule has 0 radical (unpaired) electrons. The van der Waals surface area contributed by atoms with Crippen LogP contribution in [-0.2, 0) is 14.3 Å². The van der Waals surface area contributed by atoms with E-state index < -0.39 is 11.9 Å². The van der Waals surface area contributed by atoms with Gasteiger partial charge in [0.25, 0.3) is 0 Å². The molecule has 2 rings (SSSR count). The van der Waals surface area contributed by atoms with Crippen molar-refractivity contribution in [3.05, 3.63) is 48.8 Å². The van der Waals surface area contributed by atoms with Gasteiger partial charge < -0.3 is 14.6 Å². The smallest absolute Gasteiger partial charge is 0.397 e. The fraction of sp³-hybridized carbons (Fsp3) is 0.143. The van der Waals surface area contributed by atoms with Crippen molar-refractivity contribution in [1.29, 1.82) is 0 Å². The highest BCUT2D eigenvalue weighted by molar-refractivity contribution is 6.37. The van der Waals surface area contributed by atoms with Gasteiger partial charge in [-0.2, -0.15) is 0 Å². The third kappa shape index (κ3) is 3.22. The van der Waals surface area contributed by atoms with E-state index in [1.54, 1.807) is 19.1 Å². The zero-order valence-corrected chi connectivity index (χ0v) is 10.5. The summed E-state index contributed by atoms with van der Waals surface area (Å²) in [6.45, 7) is 1.83. The molecule has 5 nitrogen and oxygen atoms in total. The molecule has 1 aromatic carbocycles. The summed E-state index contributed by atoms with van der Waals surface area (Å²) in [6, 6.07) is 11.0. The second kappa shape index (κ2) is 5.86. The van der Waals surface area contributed by atoms with Crippen LogP contribution < -0.4 is 5.32 Å². The van der Waals surface area contributed by atoms with Crippen molar-refractivity contribution in [2.45, 2.75) is 6.92 Å². The average molecular weight is 258 g/mol. The van der Waals surface area contributed by atoms with Crippen LogP contribution in [-0.4, -0.2) is 23.1 Å². The Morgan fingerprint density at radius 1 is 1.16 bits per heavy atom. The molecule has 0 aliphatic rings. The number of anilines is 1. The topological polar surface area (TPSA) is 60.3 Å². The Kier molecular flexibility index (Phi) is 3.97. The van der Waals surface area contributed by atoms with Crippen molar-refractivity contribution in [3.63, 3.8) is 0 Å². The molecule has 0 saturated heterocycles. The van der Waals surface area contributed by atoms with E-state index in [4.69, 9.17) is 0 Å². The number of esters is 1. The Labute approximate surface area is 110 Å². The van der Waals surface area contributed by atoms with Crippen molar-refractivity contribution in [3.8, 4) is 5.69 Å². The van der Waals surface area contributed by atoms with Crippen LogP contribution in [0.25, 0.3) is 5.69 Å². The van der Waals surface area contributed by atoms with Crippen LogP contribution in [0, 0.1) is 0 Å². The molecule has 98 valence electrons. The summed E-state index contributed by atoms with van der Waals surface area (Å²) in [6.07, 6.45) is 3.85. The van der Waals surface area contributed by atoms with E-state index >= 15 is 0 Å². The lowest BCUT2D eigenvalue weighted by atomic mass is 10.2. The predicted molar refractivity (Wildman–Crippen MR) is 71.0 cm³/mol. The van der Waals surface area contributed by atoms with Crippen molar-refractivity contribution in [2.24, 2.45) is 0 Å². The van der Waals surface area contributed by atoms with E-state index in [0.29, 0.717) is 5.69 Å². The number of nitrogens with one attached hydrogen (secondary N) is 1. The maximum absolute atomic E-state index is 11.4. The molecule has 0 aliphatic carbocycles. The Hall–Kier alpha value is -2.56. The first-order valence-corrected chi connectivity index (χ1v) is 5.92. The lowest BCUT2D eigenvalue weighted by molar-refractivity contribution is -0.152. The molecule has 2 aromatic rings. The van der Waals surface area contributed by atoms with Crippen LogP contribution >= 0.6 is 0 Å². The number of rotatable bonds is 3. The molecule has 0 saturated carbocycles. The number of nitrogens with zero attached hydrogens (tertiary/aromatic N) is 1. The highest BCUT2D eigenvalue weighted by atomic mass is 16.5. The normalized spacial score (nSPS) is 9.95. The minimum atomic E-state index is -0.878. The molecule has 1 amide bonds. The van der Waals surface area contributed by atoms with Gasteiger partial charge in [-0.05, 0) is 43.3 Å². The van der Waals surface area contributed by atoms with E-state index in [-0.39, 0.29) is 6.61 Å². The van der Waals surface area contributed by atoms with Crippen molar-refractivity contribution in [2.75, 3.05) is 11.9 Å². The third-order valence-electron chi connectivity index (χ3n) is 2.49. The van der Waals surface area contributed by atoms with Crippen molar-refractivity contribution < 1.29 is 14.3 Å². The van der Waals surface area contributed by atoms with E-state index in [1.807, 2.05) is 41.2 Å². The minimum Gasteiger partial charge on any atom is -0.459 e. The van der Waals surface area contributed by atoms with Crippen LogP contribution in [0.15, 0.2) is 48.8 Å². The predicted octanol–water partition coefficient (Wildman–Crippen LogP) is 1.98. The van der Waals surface area contributed by atoms with Gasteiger partial charge in [0.15, 0.2) is 0 Å². The number of ether oxygens (including phenoxy) is 1. The van der Waals surface area contributed by atoms with Gasteiger partial charge in [0, 0.05) is 23.8 Å². The first kappa shape index (κ1) is 12.9. The molecule has 0 unspecified atom stereocenters. The van der Waals surface area contributed by atoms with E-state index in [2.05, 4.69) is 10.1 Å². The number of carbonyl (C=O) groups is 2. The molecule has 0 aliphatic heterocycles. The van der Waals surface area contributed by atoms with E-state index in [9.17, 15) is 9.59 Å². The lowest BCUT2D eigenvalue weighted by Gasteiger charge is -2.06. The number of hydrogen-bond acceptors (Lipinski definition) is 3. The summed E-state index contributed by atoms with van der Waals surface area (Å²) in [7, 11) is 0. The number of amides is 1. The van der Waals surface area contributed by atoms with Gasteiger partial charge >= 0.3 is 11.9 Å². The van der Waals surface area contributed by atoms with E-state index in [0.717, 1.165) is 5.69 Å². The molecule has 19 heavy (non-hydrogen) atoms. The Morgan fingerprint density at radius 2 is 1.79 bits per heavy atom. The zero-order chi connectivity index (χ0) is 13.7. The SMILES string of the molecule is CCOC(=O)C(=O)Nc1ccc(-n2cccc2)cc1. The fourth-order valence-electron chi connectivity index (χ4n) is 1.60. The zero-order valence-electron chi connectivity index (χ0n) is 10.5. The molecular weight excluding hydrogens is 244 g/mol. The Morgan fingerprint density at radius 3 is 2.37 bits per heavy atom. The highest BCUT2D eigenvalue weighted by Gasteiger charge is 2.14. The van der Waals surface area contributed by atoms with Gasteiger partial charge in [-0.15, -0.1) is 0 Å². The quantitative estimate of drug-likeness (QED) is 0.676. The van der Waals surface area contributed by atoms with Gasteiger partial charge in [0.2, 0.25) is 0 Å². The van der Waals surface area contributed by atoms with Crippen LogP contribution in [0.3, 0.4) is 0 Å². The molecule has 1 aromatic heterocycles. The maximum atomic E-state index is 11.4. The van der Waals surface area contributed by atoms with Crippen LogP contribution in [0.1, 0.15) is 6.92 Å². The lowest BCUT2D eigenvalue weighted by Crippen LogP contribution is -2.24. The van der Waals surface area contributed by atoms with Gasteiger partial charge in [-0.3, -0.25) is 4.79 Å².